The molecule has 7 atom stereocenters. The number of carbonyl (C=O) groups excluding carboxylic acids is 2. The molecule has 1 rings (SSSR count). The lowest BCUT2D eigenvalue weighted by molar-refractivity contribution is -0.142. The Kier molecular flexibility index (Phi) is 11.4. The summed E-state index contributed by atoms with van der Waals surface area (Å²) in [6.07, 6.45) is -0.212. The van der Waals surface area contributed by atoms with E-state index in [4.69, 9.17) is 18.3 Å². The molecular formula is C28H56O7Si2. The van der Waals surface area contributed by atoms with Crippen molar-refractivity contribution in [3.05, 3.63) is 0 Å². The van der Waals surface area contributed by atoms with Crippen molar-refractivity contribution in [3.63, 3.8) is 0 Å². The van der Waals surface area contributed by atoms with Gasteiger partial charge in [-0.25, -0.2) is 0 Å². The third-order valence-corrected chi connectivity index (χ3v) is 18.4. The third-order valence-electron chi connectivity index (χ3n) is 9.44. The van der Waals surface area contributed by atoms with E-state index >= 15 is 0 Å². The molecular weight excluding hydrogens is 504 g/mol. The molecule has 0 aliphatic carbocycles. The van der Waals surface area contributed by atoms with Crippen LogP contribution in [0.4, 0.5) is 0 Å². The minimum Gasteiger partial charge on any atom is -0.465 e. The fraction of sp³-hybridized carbons (Fsp3) is 0.929. The van der Waals surface area contributed by atoms with E-state index in [1.807, 2.05) is 13.8 Å². The van der Waals surface area contributed by atoms with Gasteiger partial charge in [-0.05, 0) is 49.1 Å². The first-order chi connectivity index (χ1) is 16.5. The second-order valence-corrected chi connectivity index (χ2v) is 24.0. The number of esters is 1. The SMILES string of the molecule is CC(=O)OC[C@H](C)[C@H]1O[C@]1(C)[C@@H](C)[C@@H](CO[Si](C)(C)C(C)(C)C)[C@H](O)[C@@H](C=O)CO[Si](C)(C)C(C)(C)C. The molecule has 1 heterocycles. The molecule has 0 radical (unpaired) electrons. The number of hydrogen-bond donors (Lipinski definition) is 1. The maximum absolute atomic E-state index is 12.3. The molecule has 0 aromatic rings. The van der Waals surface area contributed by atoms with Crippen molar-refractivity contribution in [2.75, 3.05) is 19.8 Å². The number of aliphatic hydroxyl groups excluding tert-OH is 1. The smallest absolute Gasteiger partial charge is 0.302 e. The normalized spacial score (nSPS) is 25.1. The van der Waals surface area contributed by atoms with Gasteiger partial charge in [-0.15, -0.1) is 0 Å². The number of aldehydes is 1. The highest BCUT2D eigenvalue weighted by Gasteiger charge is 2.61. The molecule has 0 unspecified atom stereocenters. The van der Waals surface area contributed by atoms with E-state index in [-0.39, 0.29) is 53.1 Å². The van der Waals surface area contributed by atoms with Crippen molar-refractivity contribution in [3.8, 4) is 0 Å². The molecule has 0 bridgehead atoms. The maximum atomic E-state index is 12.3. The molecule has 1 saturated heterocycles. The van der Waals surface area contributed by atoms with Crippen molar-refractivity contribution in [2.45, 2.75) is 123 Å². The van der Waals surface area contributed by atoms with Crippen molar-refractivity contribution in [1.82, 2.24) is 0 Å². The molecule has 218 valence electrons. The van der Waals surface area contributed by atoms with Crippen molar-refractivity contribution in [1.29, 1.82) is 0 Å². The van der Waals surface area contributed by atoms with E-state index < -0.39 is 34.3 Å². The number of aliphatic hydroxyl groups is 1. The zero-order chi connectivity index (χ0) is 29.2. The van der Waals surface area contributed by atoms with E-state index in [1.165, 1.54) is 6.92 Å². The molecule has 0 amide bonds. The van der Waals surface area contributed by atoms with Gasteiger partial charge in [0.05, 0.1) is 30.3 Å². The fourth-order valence-electron chi connectivity index (χ4n) is 4.17. The molecule has 37 heavy (non-hydrogen) atoms. The van der Waals surface area contributed by atoms with Crippen molar-refractivity contribution >= 4 is 28.9 Å². The number of carbonyl (C=O) groups is 2. The Hall–Kier alpha value is -0.586. The van der Waals surface area contributed by atoms with Crippen LogP contribution in [-0.4, -0.2) is 71.6 Å². The summed E-state index contributed by atoms with van der Waals surface area (Å²) in [5.41, 5.74) is -0.518. The molecule has 1 fully saturated rings. The monoisotopic (exact) mass is 560 g/mol. The summed E-state index contributed by atoms with van der Waals surface area (Å²) in [6, 6.07) is 0. The molecule has 0 saturated carbocycles. The summed E-state index contributed by atoms with van der Waals surface area (Å²) in [5, 5.41) is 11.7. The summed E-state index contributed by atoms with van der Waals surface area (Å²) < 4.78 is 24.4. The Bertz CT molecular complexity index is 771. The third kappa shape index (κ3) is 8.70. The van der Waals surface area contributed by atoms with Crippen molar-refractivity contribution < 1.29 is 33.0 Å². The zero-order valence-electron chi connectivity index (χ0n) is 26.1. The molecule has 1 aliphatic rings. The zero-order valence-corrected chi connectivity index (χ0v) is 28.1. The molecule has 0 spiro atoms. The van der Waals surface area contributed by atoms with E-state index in [2.05, 4.69) is 74.7 Å². The molecule has 1 N–H and O–H groups in total. The Morgan fingerprint density at radius 1 is 0.973 bits per heavy atom. The maximum Gasteiger partial charge on any atom is 0.302 e. The minimum absolute atomic E-state index is 0.00412. The number of rotatable bonds is 14. The van der Waals surface area contributed by atoms with Gasteiger partial charge < -0.3 is 28.2 Å². The van der Waals surface area contributed by atoms with Gasteiger partial charge in [-0.1, -0.05) is 55.4 Å². The molecule has 1 aliphatic heterocycles. The van der Waals surface area contributed by atoms with Crippen LogP contribution in [0.2, 0.25) is 36.3 Å². The standard InChI is InChI=1S/C28H56O7Si2/c1-19(16-32-21(3)30)25-28(10,35-25)20(2)23(18-34-37(13,14)27(7,8)9)24(31)22(15-29)17-33-36(11,12)26(4,5)6/h15,19-20,22-25,31H,16-18H2,1-14H3/t19-,20-,22-,23+,24+,25+,28+/m0/s1. The van der Waals surface area contributed by atoms with E-state index in [0.29, 0.717) is 6.61 Å². The van der Waals surface area contributed by atoms with Gasteiger partial charge in [0, 0.05) is 32.0 Å². The Balaban J connectivity index is 3.17. The van der Waals surface area contributed by atoms with Gasteiger partial charge in [0.1, 0.15) is 6.29 Å². The average molecular weight is 561 g/mol. The average Bonchev–Trinajstić information content (AvgIpc) is 3.43. The lowest BCUT2D eigenvalue weighted by atomic mass is 9.75. The molecule has 9 heteroatoms. The van der Waals surface area contributed by atoms with E-state index in [9.17, 15) is 14.7 Å². The second-order valence-electron chi connectivity index (χ2n) is 14.4. The van der Waals surface area contributed by atoms with Crippen molar-refractivity contribution in [2.24, 2.45) is 23.7 Å². The summed E-state index contributed by atoms with van der Waals surface area (Å²) in [6.45, 7) is 30.1. The highest BCUT2D eigenvalue weighted by Crippen LogP contribution is 2.51. The summed E-state index contributed by atoms with van der Waals surface area (Å²) in [5.74, 6) is -1.40. The quantitative estimate of drug-likeness (QED) is 0.124. The Labute approximate surface area is 228 Å². The highest BCUT2D eigenvalue weighted by atomic mass is 28.4. The van der Waals surface area contributed by atoms with Crippen LogP contribution < -0.4 is 0 Å². The number of hydrogen-bond acceptors (Lipinski definition) is 7. The lowest BCUT2D eigenvalue weighted by Crippen LogP contribution is -2.49. The van der Waals surface area contributed by atoms with E-state index in [0.717, 1.165) is 6.29 Å². The summed E-state index contributed by atoms with van der Waals surface area (Å²) >= 11 is 0. The summed E-state index contributed by atoms with van der Waals surface area (Å²) in [4.78, 5) is 23.5. The predicted octanol–water partition coefficient (Wildman–Crippen LogP) is 5.82. The van der Waals surface area contributed by atoms with Gasteiger partial charge in [0.25, 0.3) is 0 Å². The van der Waals surface area contributed by atoms with Crippen LogP contribution in [-0.2, 0) is 27.9 Å². The van der Waals surface area contributed by atoms with Crippen LogP contribution in [0.15, 0.2) is 0 Å². The Morgan fingerprint density at radius 3 is 1.84 bits per heavy atom. The Morgan fingerprint density at radius 2 is 1.43 bits per heavy atom. The summed E-state index contributed by atoms with van der Waals surface area (Å²) in [7, 11) is -4.20. The number of ether oxygens (including phenoxy) is 2. The fourth-order valence-corrected chi connectivity index (χ4v) is 6.25. The van der Waals surface area contributed by atoms with Crippen LogP contribution in [0.3, 0.4) is 0 Å². The topological polar surface area (TPSA) is 94.6 Å². The predicted molar refractivity (Wildman–Crippen MR) is 154 cm³/mol. The largest absolute Gasteiger partial charge is 0.465 e. The van der Waals surface area contributed by atoms with Gasteiger partial charge in [-0.2, -0.15) is 0 Å². The van der Waals surface area contributed by atoms with E-state index in [1.54, 1.807) is 0 Å². The van der Waals surface area contributed by atoms with Crippen LogP contribution >= 0.6 is 0 Å². The molecule has 7 nitrogen and oxygen atoms in total. The first-order valence-corrected chi connectivity index (χ1v) is 19.6. The minimum atomic E-state index is -2.10. The van der Waals surface area contributed by atoms with Crippen LogP contribution in [0, 0.1) is 23.7 Å². The van der Waals surface area contributed by atoms with Gasteiger partial charge in [-0.3, -0.25) is 4.79 Å². The molecule has 0 aromatic carbocycles. The number of epoxide rings is 1. The first kappa shape index (κ1) is 34.4. The van der Waals surface area contributed by atoms with Gasteiger partial charge >= 0.3 is 5.97 Å². The van der Waals surface area contributed by atoms with Crippen LogP contribution in [0.25, 0.3) is 0 Å². The lowest BCUT2D eigenvalue weighted by Gasteiger charge is -2.41. The van der Waals surface area contributed by atoms with Crippen LogP contribution in [0.1, 0.15) is 69.2 Å². The highest BCUT2D eigenvalue weighted by molar-refractivity contribution is 6.74. The van der Waals surface area contributed by atoms with Gasteiger partial charge in [0.2, 0.25) is 0 Å². The van der Waals surface area contributed by atoms with Gasteiger partial charge in [0.15, 0.2) is 16.6 Å². The van der Waals surface area contributed by atoms with Crippen LogP contribution in [0.5, 0.6) is 0 Å². The first-order valence-electron chi connectivity index (χ1n) is 13.7. The second kappa shape index (κ2) is 12.3. The molecule has 0 aromatic heterocycles.